The normalized spacial score (nSPS) is 46.4. The highest BCUT2D eigenvalue weighted by atomic mass is 16.5. The Bertz CT molecular complexity index is 160. The van der Waals surface area contributed by atoms with Gasteiger partial charge in [-0.15, -0.1) is 0 Å². The van der Waals surface area contributed by atoms with Gasteiger partial charge in [0.25, 0.3) is 0 Å². The Morgan fingerprint density at radius 3 is 2.31 bits per heavy atom. The van der Waals surface area contributed by atoms with Gasteiger partial charge in [-0.2, -0.15) is 0 Å². The molecule has 4 heteroatoms. The summed E-state index contributed by atoms with van der Waals surface area (Å²) < 4.78 is 5.36. The van der Waals surface area contributed by atoms with Gasteiger partial charge < -0.3 is 20.1 Å². The molecule has 0 aliphatic carbocycles. The second kappa shape index (κ2) is 4.37. The molecule has 0 radical (unpaired) electrons. The molecule has 0 spiro atoms. The Kier molecular flexibility index (Phi) is 3.67. The van der Waals surface area contributed by atoms with Gasteiger partial charge in [-0.3, -0.25) is 0 Å². The largest absolute Gasteiger partial charge is 0.394 e. The van der Waals surface area contributed by atoms with Crippen molar-refractivity contribution in [3.8, 4) is 0 Å². The third-order valence-electron chi connectivity index (χ3n) is 2.79. The molecule has 0 saturated carbocycles. The van der Waals surface area contributed by atoms with Crippen LogP contribution in [0.4, 0.5) is 0 Å². The van der Waals surface area contributed by atoms with Crippen LogP contribution < -0.4 is 0 Å². The van der Waals surface area contributed by atoms with Gasteiger partial charge in [-0.05, 0) is 13.3 Å². The predicted octanol–water partition coefficient (Wildman–Crippen LogP) is -0.486. The Morgan fingerprint density at radius 1 is 1.23 bits per heavy atom. The van der Waals surface area contributed by atoms with Crippen molar-refractivity contribution in [2.24, 2.45) is 5.92 Å². The van der Waals surface area contributed by atoms with Crippen molar-refractivity contribution < 1.29 is 20.1 Å². The molecule has 1 aliphatic rings. The van der Waals surface area contributed by atoms with Crippen LogP contribution in [0.5, 0.6) is 0 Å². The summed E-state index contributed by atoms with van der Waals surface area (Å²) in [7, 11) is 0. The van der Waals surface area contributed by atoms with E-state index in [0.29, 0.717) is 6.42 Å². The van der Waals surface area contributed by atoms with Crippen LogP contribution in [0, 0.1) is 5.92 Å². The van der Waals surface area contributed by atoms with Crippen molar-refractivity contribution in [3.05, 3.63) is 0 Å². The van der Waals surface area contributed by atoms with Crippen LogP contribution in [0.15, 0.2) is 0 Å². The topological polar surface area (TPSA) is 69.9 Å². The first-order chi connectivity index (χ1) is 6.11. The molecule has 1 aliphatic heterocycles. The van der Waals surface area contributed by atoms with Gasteiger partial charge >= 0.3 is 0 Å². The highest BCUT2D eigenvalue weighted by Gasteiger charge is 2.40. The zero-order valence-electron chi connectivity index (χ0n) is 8.05. The minimum absolute atomic E-state index is 0.105. The van der Waals surface area contributed by atoms with E-state index >= 15 is 0 Å². The molecule has 0 aromatic heterocycles. The van der Waals surface area contributed by atoms with E-state index in [2.05, 4.69) is 0 Å². The molecular formula is C9H18O4. The maximum Gasteiger partial charge on any atom is 0.106 e. The van der Waals surface area contributed by atoms with Gasteiger partial charge in [0, 0.05) is 5.92 Å². The number of aliphatic hydroxyl groups is 3. The predicted molar refractivity (Wildman–Crippen MR) is 47.2 cm³/mol. The van der Waals surface area contributed by atoms with E-state index in [0.717, 1.165) is 0 Å². The fraction of sp³-hybridized carbons (Fsp3) is 1.00. The summed E-state index contributed by atoms with van der Waals surface area (Å²) in [5, 5.41) is 28.2. The van der Waals surface area contributed by atoms with E-state index < -0.39 is 18.3 Å². The minimum Gasteiger partial charge on any atom is -0.394 e. The smallest absolute Gasteiger partial charge is 0.106 e. The molecule has 13 heavy (non-hydrogen) atoms. The second-order valence-electron chi connectivity index (χ2n) is 3.62. The first kappa shape index (κ1) is 10.9. The molecular weight excluding hydrogens is 172 g/mol. The first-order valence-corrected chi connectivity index (χ1v) is 4.74. The number of aliphatic hydroxyl groups excluding tert-OH is 3. The van der Waals surface area contributed by atoms with Crippen LogP contribution in [0.25, 0.3) is 0 Å². The third kappa shape index (κ3) is 2.02. The SMILES string of the molecule is CCC1C(O)C(O)[C@H](C)O[C@H]1CO. The van der Waals surface area contributed by atoms with Crippen molar-refractivity contribution in [3.63, 3.8) is 0 Å². The molecule has 0 aromatic carbocycles. The van der Waals surface area contributed by atoms with Crippen molar-refractivity contribution in [1.29, 1.82) is 0 Å². The lowest BCUT2D eigenvalue weighted by molar-refractivity contribution is -0.202. The molecule has 3 N–H and O–H groups in total. The number of hydrogen-bond donors (Lipinski definition) is 3. The Labute approximate surface area is 78.1 Å². The van der Waals surface area contributed by atoms with Crippen LogP contribution in [-0.4, -0.2) is 46.3 Å². The summed E-state index contributed by atoms with van der Waals surface area (Å²) in [6.45, 7) is 3.50. The Morgan fingerprint density at radius 2 is 1.85 bits per heavy atom. The lowest BCUT2D eigenvalue weighted by Gasteiger charge is -2.41. The van der Waals surface area contributed by atoms with Crippen molar-refractivity contribution in [2.45, 2.75) is 44.7 Å². The van der Waals surface area contributed by atoms with Crippen molar-refractivity contribution >= 4 is 0 Å². The quantitative estimate of drug-likeness (QED) is 0.550. The summed E-state index contributed by atoms with van der Waals surface area (Å²) in [6.07, 6.45) is -1.69. The average Bonchev–Trinajstić information content (AvgIpc) is 2.13. The molecule has 1 saturated heterocycles. The van der Waals surface area contributed by atoms with E-state index in [9.17, 15) is 10.2 Å². The lowest BCUT2D eigenvalue weighted by Crippen LogP contribution is -2.54. The van der Waals surface area contributed by atoms with E-state index in [1.54, 1.807) is 6.92 Å². The molecule has 78 valence electrons. The van der Waals surface area contributed by atoms with Crippen molar-refractivity contribution in [1.82, 2.24) is 0 Å². The summed E-state index contributed by atoms with van der Waals surface area (Å²) in [5.74, 6) is -0.170. The fourth-order valence-electron chi connectivity index (χ4n) is 1.89. The zero-order chi connectivity index (χ0) is 10.0. The maximum absolute atomic E-state index is 9.67. The first-order valence-electron chi connectivity index (χ1n) is 4.74. The fourth-order valence-corrected chi connectivity index (χ4v) is 1.89. The second-order valence-corrected chi connectivity index (χ2v) is 3.62. The number of rotatable bonds is 2. The number of hydrogen-bond acceptors (Lipinski definition) is 4. The Hall–Kier alpha value is -0.160. The van der Waals surface area contributed by atoms with Gasteiger partial charge in [-0.25, -0.2) is 0 Å². The highest BCUT2D eigenvalue weighted by molar-refractivity contribution is 4.89. The van der Waals surface area contributed by atoms with Crippen molar-refractivity contribution in [2.75, 3.05) is 6.61 Å². The lowest BCUT2D eigenvalue weighted by atomic mass is 9.85. The summed E-state index contributed by atoms with van der Waals surface area (Å²) in [4.78, 5) is 0. The average molecular weight is 190 g/mol. The molecule has 0 aromatic rings. The van der Waals surface area contributed by atoms with Gasteiger partial charge in [0.05, 0.1) is 24.9 Å². The maximum atomic E-state index is 9.67. The molecule has 0 bridgehead atoms. The molecule has 3 unspecified atom stereocenters. The van der Waals surface area contributed by atoms with Crippen LogP contribution in [-0.2, 0) is 4.74 Å². The van der Waals surface area contributed by atoms with Crippen LogP contribution in [0.3, 0.4) is 0 Å². The van der Waals surface area contributed by atoms with Crippen LogP contribution in [0.1, 0.15) is 20.3 Å². The van der Waals surface area contributed by atoms with E-state index in [4.69, 9.17) is 9.84 Å². The van der Waals surface area contributed by atoms with Gasteiger partial charge in [0.2, 0.25) is 0 Å². The monoisotopic (exact) mass is 190 g/mol. The van der Waals surface area contributed by atoms with E-state index in [1.807, 2.05) is 6.92 Å². The minimum atomic E-state index is -0.840. The molecule has 5 atom stereocenters. The van der Waals surface area contributed by atoms with Crippen LogP contribution in [0.2, 0.25) is 0 Å². The number of ether oxygens (including phenoxy) is 1. The molecule has 1 fully saturated rings. The summed E-state index contributed by atoms with van der Waals surface area (Å²) in [5.41, 5.74) is 0. The molecule has 0 amide bonds. The van der Waals surface area contributed by atoms with Gasteiger partial charge in [-0.1, -0.05) is 6.92 Å². The molecule has 1 heterocycles. The Balaban J connectivity index is 2.69. The highest BCUT2D eigenvalue weighted by Crippen LogP contribution is 2.27. The summed E-state index contributed by atoms with van der Waals surface area (Å²) >= 11 is 0. The summed E-state index contributed by atoms with van der Waals surface area (Å²) in [6, 6.07) is 0. The third-order valence-corrected chi connectivity index (χ3v) is 2.79. The van der Waals surface area contributed by atoms with Crippen LogP contribution >= 0.6 is 0 Å². The zero-order valence-corrected chi connectivity index (χ0v) is 8.05. The van der Waals surface area contributed by atoms with Gasteiger partial charge in [0.15, 0.2) is 0 Å². The van der Waals surface area contributed by atoms with E-state index in [-0.39, 0.29) is 18.6 Å². The molecule has 1 rings (SSSR count). The van der Waals surface area contributed by atoms with Gasteiger partial charge in [0.1, 0.15) is 6.10 Å². The molecule has 4 nitrogen and oxygen atoms in total. The standard InChI is InChI=1S/C9H18O4/c1-3-6-7(4-10)13-5(2)8(11)9(6)12/h5-12H,3-4H2,1-2H3/t5-,6?,7-,8?,9?/m0/s1. The van der Waals surface area contributed by atoms with E-state index in [1.165, 1.54) is 0 Å².